The minimum absolute atomic E-state index is 0.0285. The fourth-order valence-corrected chi connectivity index (χ4v) is 2.80. The van der Waals surface area contributed by atoms with Crippen LogP contribution in [0, 0.1) is 11.7 Å². The lowest BCUT2D eigenvalue weighted by molar-refractivity contribution is -0.134. The van der Waals surface area contributed by atoms with Crippen LogP contribution in [-0.4, -0.2) is 31.2 Å². The van der Waals surface area contributed by atoms with Gasteiger partial charge < -0.3 is 9.69 Å². The molecule has 1 aromatic carbocycles. The van der Waals surface area contributed by atoms with E-state index in [4.69, 9.17) is 0 Å². The molecule has 1 atom stereocenters. The van der Waals surface area contributed by atoms with E-state index in [1.54, 1.807) is 17.0 Å². The average molecular weight is 290 g/mol. The van der Waals surface area contributed by atoms with Crippen molar-refractivity contribution in [2.75, 3.05) is 18.0 Å². The summed E-state index contributed by atoms with van der Waals surface area (Å²) in [6, 6.07) is 4.70. The summed E-state index contributed by atoms with van der Waals surface area (Å²) in [6.45, 7) is 1.05. The summed E-state index contributed by atoms with van der Waals surface area (Å²) in [5.41, 5.74) is 1.03. The van der Waals surface area contributed by atoms with Crippen LogP contribution in [0.3, 0.4) is 0 Å². The molecule has 1 N–H and O–H groups in total. The molecule has 0 aliphatic carbocycles. The molecule has 2 amide bonds. The highest BCUT2D eigenvalue weighted by Crippen LogP contribution is 2.31. The molecule has 0 saturated carbocycles. The standard InChI is InChI=1S/C15H15FN2O3/c16-12-5-10(11-2-4-14(20)17-15(11)21)1-3-13(12)18-6-9(7-18)8-19/h1,3,5,8-9,11H,2,4,6-7H2,(H,17,20,21). The zero-order chi connectivity index (χ0) is 15.0. The number of imide groups is 1. The summed E-state index contributed by atoms with van der Waals surface area (Å²) in [4.78, 5) is 35.3. The van der Waals surface area contributed by atoms with Gasteiger partial charge in [-0.2, -0.15) is 0 Å². The maximum Gasteiger partial charge on any atom is 0.234 e. The molecule has 0 radical (unpaired) electrons. The van der Waals surface area contributed by atoms with Crippen LogP contribution in [0.15, 0.2) is 18.2 Å². The highest BCUT2D eigenvalue weighted by Gasteiger charge is 2.31. The van der Waals surface area contributed by atoms with Crippen LogP contribution >= 0.6 is 0 Å². The van der Waals surface area contributed by atoms with E-state index in [0.29, 0.717) is 30.8 Å². The number of hydrogen-bond acceptors (Lipinski definition) is 4. The third kappa shape index (κ3) is 2.53. The van der Waals surface area contributed by atoms with Gasteiger partial charge in [0.05, 0.1) is 11.6 Å². The Balaban J connectivity index is 1.77. The smallest absolute Gasteiger partial charge is 0.234 e. The van der Waals surface area contributed by atoms with Gasteiger partial charge in [0.15, 0.2) is 0 Å². The molecule has 6 heteroatoms. The Labute approximate surface area is 121 Å². The Bertz CT molecular complexity index is 611. The Morgan fingerprint density at radius 1 is 1.29 bits per heavy atom. The van der Waals surface area contributed by atoms with Crippen molar-refractivity contribution in [1.29, 1.82) is 0 Å². The zero-order valence-corrected chi connectivity index (χ0v) is 11.3. The number of halogens is 1. The molecule has 3 rings (SSSR count). The summed E-state index contributed by atoms with van der Waals surface area (Å²) < 4.78 is 14.2. The number of hydrogen-bond donors (Lipinski definition) is 1. The second-order valence-corrected chi connectivity index (χ2v) is 5.52. The number of aldehydes is 1. The van der Waals surface area contributed by atoms with Crippen LogP contribution in [0.1, 0.15) is 24.3 Å². The molecule has 2 aliphatic heterocycles. The van der Waals surface area contributed by atoms with Crippen molar-refractivity contribution < 1.29 is 18.8 Å². The average Bonchev–Trinajstić information content (AvgIpc) is 2.39. The van der Waals surface area contributed by atoms with Crippen molar-refractivity contribution in [3.05, 3.63) is 29.6 Å². The first-order valence-corrected chi connectivity index (χ1v) is 6.92. The van der Waals surface area contributed by atoms with Crippen molar-refractivity contribution in [3.8, 4) is 0 Å². The maximum atomic E-state index is 14.2. The topological polar surface area (TPSA) is 66.5 Å². The molecule has 2 fully saturated rings. The minimum atomic E-state index is -0.481. The molecule has 2 saturated heterocycles. The van der Waals surface area contributed by atoms with Crippen LogP contribution in [0.25, 0.3) is 0 Å². The van der Waals surface area contributed by atoms with E-state index < -0.39 is 11.7 Å². The number of anilines is 1. The van der Waals surface area contributed by atoms with E-state index in [1.807, 2.05) is 0 Å². The van der Waals surface area contributed by atoms with E-state index >= 15 is 0 Å². The van der Waals surface area contributed by atoms with E-state index in [9.17, 15) is 18.8 Å². The van der Waals surface area contributed by atoms with Crippen molar-refractivity contribution in [2.45, 2.75) is 18.8 Å². The molecular weight excluding hydrogens is 275 g/mol. The van der Waals surface area contributed by atoms with Crippen molar-refractivity contribution in [1.82, 2.24) is 5.32 Å². The van der Waals surface area contributed by atoms with Gasteiger partial charge in [-0.05, 0) is 24.1 Å². The van der Waals surface area contributed by atoms with E-state index in [1.165, 1.54) is 6.07 Å². The zero-order valence-electron chi connectivity index (χ0n) is 11.3. The number of benzene rings is 1. The molecule has 1 aromatic rings. The first kappa shape index (κ1) is 13.7. The van der Waals surface area contributed by atoms with Crippen LogP contribution in [0.2, 0.25) is 0 Å². The van der Waals surface area contributed by atoms with Crippen molar-refractivity contribution in [2.24, 2.45) is 5.92 Å². The predicted octanol–water partition coefficient (Wildman–Crippen LogP) is 0.981. The summed E-state index contributed by atoms with van der Waals surface area (Å²) in [5.74, 6) is -1.57. The Morgan fingerprint density at radius 2 is 2.05 bits per heavy atom. The second-order valence-electron chi connectivity index (χ2n) is 5.52. The highest BCUT2D eigenvalue weighted by atomic mass is 19.1. The fraction of sp³-hybridized carbons (Fsp3) is 0.400. The number of amides is 2. The molecule has 1 unspecified atom stereocenters. The Kier molecular flexibility index (Phi) is 3.45. The summed E-state index contributed by atoms with van der Waals surface area (Å²) in [6.07, 6.45) is 1.56. The lowest BCUT2D eigenvalue weighted by atomic mass is 9.90. The number of piperidine rings is 1. The summed E-state index contributed by atoms with van der Waals surface area (Å²) in [5, 5.41) is 2.27. The molecule has 0 aromatic heterocycles. The number of nitrogens with one attached hydrogen (secondary N) is 1. The van der Waals surface area contributed by atoms with Gasteiger partial charge in [0.1, 0.15) is 12.1 Å². The second kappa shape index (κ2) is 5.27. The van der Waals surface area contributed by atoms with Gasteiger partial charge in [-0.1, -0.05) is 6.07 Å². The largest absolute Gasteiger partial charge is 0.368 e. The Morgan fingerprint density at radius 3 is 2.67 bits per heavy atom. The van der Waals surface area contributed by atoms with E-state index in [-0.39, 0.29) is 24.2 Å². The van der Waals surface area contributed by atoms with Gasteiger partial charge in [-0.3, -0.25) is 14.9 Å². The molecule has 110 valence electrons. The third-order valence-electron chi connectivity index (χ3n) is 4.06. The molecule has 0 spiro atoms. The normalized spacial score (nSPS) is 22.7. The number of nitrogens with zero attached hydrogens (tertiary/aromatic N) is 1. The molecule has 2 aliphatic rings. The monoisotopic (exact) mass is 290 g/mol. The van der Waals surface area contributed by atoms with Crippen LogP contribution in [-0.2, 0) is 14.4 Å². The SMILES string of the molecule is O=CC1CN(c2ccc(C3CCC(=O)NC3=O)cc2F)C1. The number of carbonyl (C=O) groups excluding carboxylic acids is 3. The van der Waals surface area contributed by atoms with Gasteiger partial charge >= 0.3 is 0 Å². The summed E-state index contributed by atoms with van der Waals surface area (Å²) >= 11 is 0. The quantitative estimate of drug-likeness (QED) is 0.665. The molecule has 5 nitrogen and oxygen atoms in total. The van der Waals surface area contributed by atoms with E-state index in [0.717, 1.165) is 6.29 Å². The molecule has 2 heterocycles. The summed E-state index contributed by atoms with van der Waals surface area (Å²) in [7, 11) is 0. The molecule has 21 heavy (non-hydrogen) atoms. The van der Waals surface area contributed by atoms with E-state index in [2.05, 4.69) is 5.32 Å². The van der Waals surface area contributed by atoms with Crippen LogP contribution < -0.4 is 10.2 Å². The fourth-order valence-electron chi connectivity index (χ4n) is 2.80. The first-order chi connectivity index (χ1) is 10.1. The predicted molar refractivity (Wildman–Crippen MR) is 73.3 cm³/mol. The third-order valence-corrected chi connectivity index (χ3v) is 4.06. The molecular formula is C15H15FN2O3. The maximum absolute atomic E-state index is 14.2. The number of carbonyl (C=O) groups is 3. The van der Waals surface area contributed by atoms with Crippen molar-refractivity contribution in [3.63, 3.8) is 0 Å². The van der Waals surface area contributed by atoms with Crippen LogP contribution in [0.4, 0.5) is 10.1 Å². The lowest BCUT2D eigenvalue weighted by Gasteiger charge is -2.38. The van der Waals surface area contributed by atoms with Gasteiger partial charge in [0.2, 0.25) is 11.8 Å². The highest BCUT2D eigenvalue weighted by molar-refractivity contribution is 6.00. The van der Waals surface area contributed by atoms with Crippen LogP contribution in [0.5, 0.6) is 0 Å². The van der Waals surface area contributed by atoms with Gasteiger partial charge in [-0.25, -0.2) is 4.39 Å². The van der Waals surface area contributed by atoms with Gasteiger partial charge in [0, 0.05) is 25.4 Å². The first-order valence-electron chi connectivity index (χ1n) is 6.92. The lowest BCUT2D eigenvalue weighted by Crippen LogP contribution is -2.47. The minimum Gasteiger partial charge on any atom is -0.368 e. The van der Waals surface area contributed by atoms with Gasteiger partial charge in [-0.15, -0.1) is 0 Å². The number of rotatable bonds is 3. The molecule has 0 bridgehead atoms. The Hall–Kier alpha value is -2.24. The van der Waals surface area contributed by atoms with Crippen molar-refractivity contribution >= 4 is 23.8 Å². The van der Waals surface area contributed by atoms with Gasteiger partial charge in [0.25, 0.3) is 0 Å².